The normalized spacial score (nSPS) is 12.4. The van der Waals surface area contributed by atoms with E-state index in [4.69, 9.17) is 23.2 Å². The van der Waals surface area contributed by atoms with Gasteiger partial charge in [-0.05, 0) is 56.7 Å². The van der Waals surface area contributed by atoms with E-state index >= 15 is 0 Å². The lowest BCUT2D eigenvalue weighted by molar-refractivity contribution is -0.139. The summed E-state index contributed by atoms with van der Waals surface area (Å²) < 4.78 is 26.7. The molecular formula is C22H26BrCl2N3O4S. The number of sulfonamides is 1. The maximum absolute atomic E-state index is 13.4. The number of nitrogens with zero attached hydrogens (tertiary/aromatic N) is 2. The van der Waals surface area contributed by atoms with Gasteiger partial charge in [0.05, 0.1) is 11.9 Å². The molecule has 0 spiro atoms. The number of carbonyl (C=O) groups excluding carboxylic acids is 2. The average Bonchev–Trinajstić information content (AvgIpc) is 2.69. The van der Waals surface area contributed by atoms with Crippen LogP contribution in [-0.4, -0.2) is 50.0 Å². The van der Waals surface area contributed by atoms with Crippen LogP contribution in [0.1, 0.15) is 26.3 Å². The smallest absolute Gasteiger partial charge is 0.244 e. The van der Waals surface area contributed by atoms with Gasteiger partial charge in [0.2, 0.25) is 21.8 Å². The fourth-order valence-corrected chi connectivity index (χ4v) is 4.76. The highest BCUT2D eigenvalue weighted by molar-refractivity contribution is 9.10. The van der Waals surface area contributed by atoms with E-state index in [2.05, 4.69) is 21.2 Å². The minimum absolute atomic E-state index is 0.00238. The molecule has 11 heteroatoms. The fourth-order valence-electron chi connectivity index (χ4n) is 3.07. The molecule has 7 nitrogen and oxygen atoms in total. The Kier molecular flexibility index (Phi) is 9.60. The predicted molar refractivity (Wildman–Crippen MR) is 136 cm³/mol. The summed E-state index contributed by atoms with van der Waals surface area (Å²) in [4.78, 5) is 27.5. The fraction of sp³-hybridized carbons (Fsp3) is 0.364. The molecule has 0 saturated carbocycles. The third-order valence-electron chi connectivity index (χ3n) is 4.73. The van der Waals surface area contributed by atoms with Gasteiger partial charge in [-0.25, -0.2) is 8.42 Å². The third-order valence-corrected chi connectivity index (χ3v) is 6.95. The molecule has 180 valence electrons. The first-order chi connectivity index (χ1) is 15.3. The first kappa shape index (κ1) is 27.4. The van der Waals surface area contributed by atoms with Gasteiger partial charge in [-0.2, -0.15) is 0 Å². The molecule has 0 fully saturated rings. The van der Waals surface area contributed by atoms with Crippen LogP contribution in [0, 0.1) is 0 Å². The van der Waals surface area contributed by atoms with Crippen molar-refractivity contribution in [2.24, 2.45) is 0 Å². The Hall–Kier alpha value is -1.81. The third kappa shape index (κ3) is 7.88. The van der Waals surface area contributed by atoms with Crippen LogP contribution in [0.4, 0.5) is 5.69 Å². The Morgan fingerprint density at radius 3 is 2.30 bits per heavy atom. The number of carbonyl (C=O) groups is 2. The van der Waals surface area contributed by atoms with E-state index in [0.717, 1.165) is 10.6 Å². The Morgan fingerprint density at radius 1 is 1.09 bits per heavy atom. The van der Waals surface area contributed by atoms with Gasteiger partial charge >= 0.3 is 0 Å². The summed E-state index contributed by atoms with van der Waals surface area (Å²) in [6.45, 7) is 4.72. The van der Waals surface area contributed by atoms with Gasteiger partial charge in [-0.3, -0.25) is 13.9 Å². The van der Waals surface area contributed by atoms with Gasteiger partial charge in [0.1, 0.15) is 12.6 Å². The van der Waals surface area contributed by atoms with Crippen LogP contribution >= 0.6 is 39.1 Å². The van der Waals surface area contributed by atoms with Gasteiger partial charge in [0.15, 0.2) is 0 Å². The van der Waals surface area contributed by atoms with Crippen LogP contribution < -0.4 is 9.62 Å². The van der Waals surface area contributed by atoms with Gasteiger partial charge < -0.3 is 10.2 Å². The summed E-state index contributed by atoms with van der Waals surface area (Å²) in [6.07, 6.45) is 1.02. The predicted octanol–water partition coefficient (Wildman–Crippen LogP) is 4.46. The molecule has 0 radical (unpaired) electrons. The highest BCUT2D eigenvalue weighted by Gasteiger charge is 2.30. The number of nitrogens with one attached hydrogen (secondary N) is 1. The van der Waals surface area contributed by atoms with E-state index in [1.807, 2.05) is 13.8 Å². The first-order valence-electron chi connectivity index (χ1n) is 10.1. The zero-order valence-corrected chi connectivity index (χ0v) is 22.6. The molecule has 0 aliphatic heterocycles. The number of anilines is 1. The molecular weight excluding hydrogens is 553 g/mol. The summed E-state index contributed by atoms with van der Waals surface area (Å²) in [5, 5.41) is 3.56. The van der Waals surface area contributed by atoms with Crippen molar-refractivity contribution in [3.63, 3.8) is 0 Å². The number of rotatable bonds is 9. The van der Waals surface area contributed by atoms with Crippen molar-refractivity contribution in [1.82, 2.24) is 10.2 Å². The van der Waals surface area contributed by atoms with Crippen molar-refractivity contribution in [3.05, 3.63) is 62.5 Å². The average molecular weight is 579 g/mol. The highest BCUT2D eigenvalue weighted by atomic mass is 79.9. The lowest BCUT2D eigenvalue weighted by Gasteiger charge is -2.32. The molecule has 2 rings (SSSR count). The van der Waals surface area contributed by atoms with Crippen molar-refractivity contribution in [1.29, 1.82) is 0 Å². The van der Waals surface area contributed by atoms with Gasteiger partial charge in [0.25, 0.3) is 0 Å². The van der Waals surface area contributed by atoms with Crippen LogP contribution in [0.3, 0.4) is 0 Å². The SMILES string of the molecule is CC(C)NC(=O)[C@@H](C)N(Cc1ccc(Cl)cc1Cl)C(=O)CN(c1cccc(Br)c1)S(C)(=O)=O. The molecule has 1 N–H and O–H groups in total. The number of halogens is 3. The number of hydrogen-bond acceptors (Lipinski definition) is 4. The quantitative estimate of drug-likeness (QED) is 0.476. The summed E-state index contributed by atoms with van der Waals surface area (Å²) >= 11 is 15.6. The zero-order chi connectivity index (χ0) is 24.9. The molecule has 0 heterocycles. The molecule has 2 aromatic rings. The molecule has 0 bridgehead atoms. The lowest BCUT2D eigenvalue weighted by atomic mass is 10.1. The van der Waals surface area contributed by atoms with E-state index in [1.165, 1.54) is 4.90 Å². The van der Waals surface area contributed by atoms with E-state index in [1.54, 1.807) is 49.4 Å². The van der Waals surface area contributed by atoms with E-state index < -0.39 is 28.5 Å². The van der Waals surface area contributed by atoms with Gasteiger partial charge in [-0.1, -0.05) is 51.3 Å². The monoisotopic (exact) mass is 577 g/mol. The molecule has 0 aromatic heterocycles. The van der Waals surface area contributed by atoms with Crippen LogP contribution in [0.15, 0.2) is 46.9 Å². The number of hydrogen-bond donors (Lipinski definition) is 1. The lowest BCUT2D eigenvalue weighted by Crippen LogP contribution is -2.52. The van der Waals surface area contributed by atoms with E-state index in [-0.39, 0.29) is 18.5 Å². The molecule has 0 saturated heterocycles. The summed E-state index contributed by atoms with van der Waals surface area (Å²) in [7, 11) is -3.79. The van der Waals surface area contributed by atoms with Crippen molar-refractivity contribution in [3.8, 4) is 0 Å². The topological polar surface area (TPSA) is 86.8 Å². The van der Waals surface area contributed by atoms with Crippen molar-refractivity contribution < 1.29 is 18.0 Å². The molecule has 0 aliphatic carbocycles. The van der Waals surface area contributed by atoms with Crippen LogP contribution in [-0.2, 0) is 26.2 Å². The minimum atomic E-state index is -3.79. The summed E-state index contributed by atoms with van der Waals surface area (Å²) in [5.74, 6) is -0.922. The summed E-state index contributed by atoms with van der Waals surface area (Å²) in [6, 6.07) is 10.4. The number of benzene rings is 2. The van der Waals surface area contributed by atoms with Crippen molar-refractivity contribution >= 4 is 66.7 Å². The van der Waals surface area contributed by atoms with Gasteiger partial charge in [-0.15, -0.1) is 0 Å². The highest BCUT2D eigenvalue weighted by Crippen LogP contribution is 2.25. The van der Waals surface area contributed by atoms with Crippen LogP contribution in [0.25, 0.3) is 0 Å². The van der Waals surface area contributed by atoms with Crippen molar-refractivity contribution in [2.45, 2.75) is 39.4 Å². The molecule has 1 atom stereocenters. The standard InChI is InChI=1S/C22H26BrCl2N3O4S/c1-14(2)26-22(30)15(3)27(12-16-8-9-18(24)11-20(16)25)21(29)13-28(33(4,31)32)19-7-5-6-17(23)10-19/h5-11,14-15H,12-13H2,1-4H3,(H,26,30)/t15-/m1/s1. The molecule has 0 aliphatic rings. The Balaban J connectivity index is 2.42. The Labute approximate surface area is 213 Å². The molecule has 2 aromatic carbocycles. The summed E-state index contributed by atoms with van der Waals surface area (Å²) in [5.41, 5.74) is 0.899. The second kappa shape index (κ2) is 11.6. The molecule has 0 unspecified atom stereocenters. The zero-order valence-electron chi connectivity index (χ0n) is 18.7. The first-order valence-corrected chi connectivity index (χ1v) is 13.5. The van der Waals surface area contributed by atoms with E-state index in [9.17, 15) is 18.0 Å². The second-order valence-electron chi connectivity index (χ2n) is 7.85. The Bertz CT molecular complexity index is 1130. The van der Waals surface area contributed by atoms with Gasteiger partial charge in [0, 0.05) is 27.1 Å². The minimum Gasteiger partial charge on any atom is -0.352 e. The van der Waals surface area contributed by atoms with Crippen LogP contribution in [0.2, 0.25) is 10.0 Å². The van der Waals surface area contributed by atoms with E-state index in [0.29, 0.717) is 25.8 Å². The number of amides is 2. The largest absolute Gasteiger partial charge is 0.352 e. The Morgan fingerprint density at radius 2 is 1.76 bits per heavy atom. The van der Waals surface area contributed by atoms with Crippen LogP contribution in [0.5, 0.6) is 0 Å². The molecule has 33 heavy (non-hydrogen) atoms. The van der Waals surface area contributed by atoms with Crippen molar-refractivity contribution in [2.75, 3.05) is 17.1 Å². The maximum atomic E-state index is 13.4. The molecule has 2 amide bonds. The maximum Gasteiger partial charge on any atom is 0.244 e. The second-order valence-corrected chi connectivity index (χ2v) is 11.5.